The van der Waals surface area contributed by atoms with Crippen molar-refractivity contribution in [2.45, 2.75) is 63.5 Å². The fourth-order valence-corrected chi connectivity index (χ4v) is 3.24. The van der Waals surface area contributed by atoms with E-state index in [2.05, 4.69) is 20.6 Å². The molecule has 1 aliphatic heterocycles. The molecule has 6 heteroatoms. The lowest BCUT2D eigenvalue weighted by molar-refractivity contribution is 0.0857. The fourth-order valence-electron chi connectivity index (χ4n) is 3.24. The average molecular weight is 318 g/mol. The minimum absolute atomic E-state index is 0.137. The van der Waals surface area contributed by atoms with Crippen molar-refractivity contribution in [3.8, 4) is 0 Å². The second kappa shape index (κ2) is 8.24. The van der Waals surface area contributed by atoms with E-state index in [-0.39, 0.29) is 12.0 Å². The van der Waals surface area contributed by atoms with Crippen LogP contribution in [0.1, 0.15) is 61.7 Å². The largest absolute Gasteiger partial charge is 0.376 e. The Balaban J connectivity index is 1.48. The Hall–Kier alpha value is -1.69. The summed E-state index contributed by atoms with van der Waals surface area (Å²) in [6.45, 7) is 1.35. The number of hydrogen-bond acceptors (Lipinski definition) is 5. The summed E-state index contributed by atoms with van der Waals surface area (Å²) in [6, 6.07) is 0.455. The highest BCUT2D eigenvalue weighted by Crippen LogP contribution is 2.19. The van der Waals surface area contributed by atoms with E-state index in [0.717, 1.165) is 19.4 Å². The summed E-state index contributed by atoms with van der Waals surface area (Å²) in [5, 5.41) is 6.28. The van der Waals surface area contributed by atoms with Crippen molar-refractivity contribution in [1.82, 2.24) is 15.3 Å². The van der Waals surface area contributed by atoms with Crippen LogP contribution in [-0.2, 0) is 4.74 Å². The smallest absolute Gasteiger partial charge is 0.254 e. The summed E-state index contributed by atoms with van der Waals surface area (Å²) in [7, 11) is 0. The Morgan fingerprint density at radius 2 is 1.83 bits per heavy atom. The number of nitrogens with zero attached hydrogens (tertiary/aromatic N) is 2. The van der Waals surface area contributed by atoms with Gasteiger partial charge in [0, 0.05) is 31.6 Å². The first-order chi connectivity index (χ1) is 11.3. The topological polar surface area (TPSA) is 76.1 Å². The Morgan fingerprint density at radius 1 is 1.09 bits per heavy atom. The molecule has 1 saturated heterocycles. The number of aromatic nitrogens is 2. The van der Waals surface area contributed by atoms with Crippen molar-refractivity contribution in [2.75, 3.05) is 18.5 Å². The molecule has 1 amide bonds. The predicted octanol–water partition coefficient (Wildman–Crippen LogP) is 2.52. The fraction of sp³-hybridized carbons (Fsp3) is 0.706. The molecule has 126 valence electrons. The highest BCUT2D eigenvalue weighted by Gasteiger charge is 2.17. The van der Waals surface area contributed by atoms with Crippen molar-refractivity contribution in [3.63, 3.8) is 0 Å². The van der Waals surface area contributed by atoms with E-state index in [4.69, 9.17) is 4.74 Å². The quantitative estimate of drug-likeness (QED) is 0.816. The minimum Gasteiger partial charge on any atom is -0.376 e. The van der Waals surface area contributed by atoms with E-state index < -0.39 is 0 Å². The third kappa shape index (κ3) is 4.89. The van der Waals surface area contributed by atoms with Crippen LogP contribution in [0.2, 0.25) is 0 Å². The van der Waals surface area contributed by atoms with Crippen LogP contribution in [0.15, 0.2) is 12.4 Å². The van der Waals surface area contributed by atoms with Crippen LogP contribution < -0.4 is 10.6 Å². The molecule has 2 N–H and O–H groups in total. The van der Waals surface area contributed by atoms with Crippen LogP contribution in [-0.4, -0.2) is 41.2 Å². The number of amides is 1. The lowest BCUT2D eigenvalue weighted by Gasteiger charge is -2.16. The first-order valence-electron chi connectivity index (χ1n) is 8.79. The molecule has 2 heterocycles. The zero-order chi connectivity index (χ0) is 15.9. The zero-order valence-corrected chi connectivity index (χ0v) is 13.6. The van der Waals surface area contributed by atoms with Gasteiger partial charge in [0.25, 0.3) is 5.91 Å². The average Bonchev–Trinajstić information content (AvgIpc) is 2.97. The van der Waals surface area contributed by atoms with Gasteiger partial charge in [0.05, 0.1) is 11.7 Å². The number of anilines is 1. The van der Waals surface area contributed by atoms with Crippen molar-refractivity contribution < 1.29 is 9.53 Å². The van der Waals surface area contributed by atoms with Crippen LogP contribution in [0, 0.1) is 0 Å². The van der Waals surface area contributed by atoms with Gasteiger partial charge in [0.2, 0.25) is 5.95 Å². The van der Waals surface area contributed by atoms with Crippen LogP contribution in [0.5, 0.6) is 0 Å². The maximum Gasteiger partial charge on any atom is 0.254 e. The monoisotopic (exact) mass is 318 g/mol. The molecule has 3 rings (SSSR count). The molecule has 1 atom stereocenters. The Bertz CT molecular complexity index is 492. The van der Waals surface area contributed by atoms with Crippen molar-refractivity contribution >= 4 is 11.9 Å². The number of carbonyl (C=O) groups excluding carboxylic acids is 1. The first kappa shape index (κ1) is 16.2. The molecule has 1 unspecified atom stereocenters. The Labute approximate surface area is 137 Å². The van der Waals surface area contributed by atoms with E-state index in [1.165, 1.54) is 38.5 Å². The van der Waals surface area contributed by atoms with Gasteiger partial charge >= 0.3 is 0 Å². The molecule has 2 fully saturated rings. The van der Waals surface area contributed by atoms with Crippen LogP contribution in [0.4, 0.5) is 5.95 Å². The van der Waals surface area contributed by atoms with Gasteiger partial charge < -0.3 is 15.4 Å². The third-order valence-electron chi connectivity index (χ3n) is 4.62. The van der Waals surface area contributed by atoms with Gasteiger partial charge in [-0.2, -0.15) is 0 Å². The lowest BCUT2D eigenvalue weighted by atomic mass is 10.1. The molecular formula is C17H26N4O2. The van der Waals surface area contributed by atoms with Crippen LogP contribution >= 0.6 is 0 Å². The first-order valence-corrected chi connectivity index (χ1v) is 8.79. The summed E-state index contributed by atoms with van der Waals surface area (Å²) < 4.78 is 5.50. The van der Waals surface area contributed by atoms with Gasteiger partial charge in [-0.15, -0.1) is 0 Å². The number of ether oxygens (including phenoxy) is 1. The van der Waals surface area contributed by atoms with Crippen molar-refractivity contribution in [2.24, 2.45) is 0 Å². The Kier molecular flexibility index (Phi) is 5.80. The molecular weight excluding hydrogens is 292 g/mol. The molecule has 0 radical (unpaired) electrons. The normalized spacial score (nSPS) is 22.5. The summed E-state index contributed by atoms with van der Waals surface area (Å²) in [6.07, 6.45) is 12.9. The number of hydrogen-bond donors (Lipinski definition) is 2. The highest BCUT2D eigenvalue weighted by molar-refractivity contribution is 5.93. The lowest BCUT2D eigenvalue weighted by Crippen LogP contribution is -2.32. The predicted molar refractivity (Wildman–Crippen MR) is 88.5 cm³/mol. The summed E-state index contributed by atoms with van der Waals surface area (Å²) in [5.41, 5.74) is 0.495. The van der Waals surface area contributed by atoms with Crippen LogP contribution in [0.25, 0.3) is 0 Å². The number of rotatable bonds is 5. The summed E-state index contributed by atoms with van der Waals surface area (Å²) >= 11 is 0. The van der Waals surface area contributed by atoms with E-state index in [1.54, 1.807) is 12.4 Å². The van der Waals surface area contributed by atoms with E-state index in [0.29, 0.717) is 24.1 Å². The van der Waals surface area contributed by atoms with Gasteiger partial charge in [-0.1, -0.05) is 25.7 Å². The van der Waals surface area contributed by atoms with E-state index in [9.17, 15) is 4.79 Å². The van der Waals surface area contributed by atoms with E-state index >= 15 is 0 Å². The van der Waals surface area contributed by atoms with Gasteiger partial charge in [0.1, 0.15) is 0 Å². The number of nitrogens with one attached hydrogen (secondary N) is 2. The van der Waals surface area contributed by atoms with Crippen molar-refractivity contribution in [3.05, 3.63) is 18.0 Å². The molecule has 1 aromatic heterocycles. The SMILES string of the molecule is O=C(NCC1CCCO1)c1cnc(NC2CCCCCC2)nc1. The standard InChI is InChI=1S/C17H26N4O2/c22-16(18-12-15-8-5-9-23-15)13-10-19-17(20-11-13)21-14-6-3-1-2-4-7-14/h10-11,14-15H,1-9,12H2,(H,18,22)(H,19,20,21). The van der Waals surface area contributed by atoms with Gasteiger partial charge in [0.15, 0.2) is 0 Å². The summed E-state index contributed by atoms with van der Waals surface area (Å²) in [4.78, 5) is 20.7. The maximum absolute atomic E-state index is 12.1. The van der Waals surface area contributed by atoms with Gasteiger partial charge in [-0.05, 0) is 25.7 Å². The minimum atomic E-state index is -0.137. The molecule has 2 aliphatic rings. The molecule has 6 nitrogen and oxygen atoms in total. The van der Waals surface area contributed by atoms with Gasteiger partial charge in [-0.25, -0.2) is 9.97 Å². The molecule has 1 saturated carbocycles. The maximum atomic E-state index is 12.1. The molecule has 23 heavy (non-hydrogen) atoms. The second-order valence-corrected chi connectivity index (χ2v) is 6.47. The van der Waals surface area contributed by atoms with Crippen molar-refractivity contribution in [1.29, 1.82) is 0 Å². The summed E-state index contributed by atoms with van der Waals surface area (Å²) in [5.74, 6) is 0.481. The molecule has 1 aromatic rings. The van der Waals surface area contributed by atoms with Gasteiger partial charge in [-0.3, -0.25) is 4.79 Å². The third-order valence-corrected chi connectivity index (χ3v) is 4.62. The molecule has 0 spiro atoms. The molecule has 0 aromatic carbocycles. The number of carbonyl (C=O) groups is 1. The molecule has 0 bridgehead atoms. The zero-order valence-electron chi connectivity index (χ0n) is 13.6. The van der Waals surface area contributed by atoms with E-state index in [1.807, 2.05) is 0 Å². The highest BCUT2D eigenvalue weighted by atomic mass is 16.5. The second-order valence-electron chi connectivity index (χ2n) is 6.47. The van der Waals surface area contributed by atoms with Crippen LogP contribution in [0.3, 0.4) is 0 Å². The Morgan fingerprint density at radius 3 is 2.48 bits per heavy atom. The molecule has 1 aliphatic carbocycles.